The Morgan fingerprint density at radius 3 is 2.64 bits per heavy atom. The van der Waals surface area contributed by atoms with Crippen LogP contribution in [0, 0.1) is 11.3 Å². The van der Waals surface area contributed by atoms with Crippen molar-refractivity contribution in [2.24, 2.45) is 11.3 Å². The van der Waals surface area contributed by atoms with E-state index >= 15 is 0 Å². The third-order valence-corrected chi connectivity index (χ3v) is 3.59. The van der Waals surface area contributed by atoms with Crippen LogP contribution in [0.3, 0.4) is 0 Å². The number of hydrogen-bond acceptors (Lipinski definition) is 3. The van der Waals surface area contributed by atoms with Crippen LogP contribution in [0.2, 0.25) is 0 Å². The molecule has 1 unspecified atom stereocenters. The van der Waals surface area contributed by atoms with E-state index in [0.29, 0.717) is 6.61 Å². The van der Waals surface area contributed by atoms with Gasteiger partial charge in [0.05, 0.1) is 12.0 Å². The second kappa shape index (κ2) is 5.06. The standard InChI is InChI=1S/C11H20O2S/c1-4-13-10(12)11(2,8-14-3)7-9-5-6-9/h9H,4-8H2,1-3H3. The molecule has 0 bridgehead atoms. The summed E-state index contributed by atoms with van der Waals surface area (Å²) in [6, 6.07) is 0. The molecule has 1 aliphatic rings. The molecule has 1 saturated carbocycles. The van der Waals surface area contributed by atoms with Crippen LogP contribution >= 0.6 is 11.8 Å². The van der Waals surface area contributed by atoms with Crippen molar-refractivity contribution in [3.63, 3.8) is 0 Å². The van der Waals surface area contributed by atoms with Crippen LogP contribution in [0.5, 0.6) is 0 Å². The van der Waals surface area contributed by atoms with E-state index in [1.807, 2.05) is 20.1 Å². The van der Waals surface area contributed by atoms with Gasteiger partial charge in [0, 0.05) is 5.75 Å². The van der Waals surface area contributed by atoms with Gasteiger partial charge < -0.3 is 4.74 Å². The first kappa shape index (κ1) is 11.9. The van der Waals surface area contributed by atoms with E-state index in [1.54, 1.807) is 11.8 Å². The lowest BCUT2D eigenvalue weighted by Gasteiger charge is -2.26. The molecular formula is C11H20O2S. The molecule has 0 N–H and O–H groups in total. The number of carbonyl (C=O) groups is 1. The Hall–Kier alpha value is -0.180. The minimum atomic E-state index is -0.253. The third kappa shape index (κ3) is 3.19. The molecule has 0 aromatic rings. The number of hydrogen-bond donors (Lipinski definition) is 0. The monoisotopic (exact) mass is 216 g/mol. The van der Waals surface area contributed by atoms with Gasteiger partial charge in [-0.25, -0.2) is 0 Å². The minimum Gasteiger partial charge on any atom is -0.466 e. The van der Waals surface area contributed by atoms with Crippen LogP contribution in [-0.2, 0) is 9.53 Å². The fourth-order valence-corrected chi connectivity index (χ4v) is 2.66. The molecule has 82 valence electrons. The number of carbonyl (C=O) groups excluding carboxylic acids is 1. The lowest BCUT2D eigenvalue weighted by atomic mass is 9.87. The van der Waals surface area contributed by atoms with E-state index in [0.717, 1.165) is 18.1 Å². The Kier molecular flexibility index (Phi) is 4.30. The van der Waals surface area contributed by atoms with E-state index in [-0.39, 0.29) is 11.4 Å². The van der Waals surface area contributed by atoms with Crippen LogP contribution in [0.4, 0.5) is 0 Å². The fraction of sp³-hybridized carbons (Fsp3) is 0.909. The topological polar surface area (TPSA) is 26.3 Å². The largest absolute Gasteiger partial charge is 0.466 e. The van der Waals surface area contributed by atoms with Crippen molar-refractivity contribution in [3.05, 3.63) is 0 Å². The van der Waals surface area contributed by atoms with Gasteiger partial charge in [-0.15, -0.1) is 0 Å². The summed E-state index contributed by atoms with van der Waals surface area (Å²) in [4.78, 5) is 11.8. The zero-order chi connectivity index (χ0) is 10.6. The van der Waals surface area contributed by atoms with Gasteiger partial charge in [-0.1, -0.05) is 12.8 Å². The molecule has 0 aromatic heterocycles. The van der Waals surface area contributed by atoms with Crippen LogP contribution in [0.15, 0.2) is 0 Å². The maximum Gasteiger partial charge on any atom is 0.312 e. The highest BCUT2D eigenvalue weighted by Gasteiger charge is 2.39. The summed E-state index contributed by atoms with van der Waals surface area (Å²) in [5.41, 5.74) is -0.253. The molecule has 1 atom stereocenters. The van der Waals surface area contributed by atoms with Gasteiger partial charge in [-0.3, -0.25) is 4.79 Å². The Morgan fingerprint density at radius 2 is 2.21 bits per heavy atom. The Labute approximate surface area is 90.8 Å². The van der Waals surface area contributed by atoms with Crippen molar-refractivity contribution in [2.75, 3.05) is 18.6 Å². The molecule has 1 rings (SSSR count). The average Bonchev–Trinajstić information content (AvgIpc) is 2.89. The molecule has 0 amide bonds. The summed E-state index contributed by atoms with van der Waals surface area (Å²) in [5, 5.41) is 0. The van der Waals surface area contributed by atoms with E-state index in [4.69, 9.17) is 4.74 Å². The first-order valence-electron chi connectivity index (χ1n) is 5.28. The highest BCUT2D eigenvalue weighted by atomic mass is 32.2. The Bertz CT molecular complexity index is 201. The zero-order valence-corrected chi connectivity index (χ0v) is 10.2. The maximum absolute atomic E-state index is 11.8. The summed E-state index contributed by atoms with van der Waals surface area (Å²) in [6.45, 7) is 4.40. The first-order chi connectivity index (χ1) is 6.62. The van der Waals surface area contributed by atoms with E-state index < -0.39 is 0 Å². The van der Waals surface area contributed by atoms with Gasteiger partial charge in [0.25, 0.3) is 0 Å². The van der Waals surface area contributed by atoms with E-state index in [9.17, 15) is 4.79 Å². The summed E-state index contributed by atoms with van der Waals surface area (Å²) < 4.78 is 5.14. The second-order valence-electron chi connectivity index (χ2n) is 4.36. The fourth-order valence-electron chi connectivity index (χ4n) is 1.78. The summed E-state index contributed by atoms with van der Waals surface area (Å²) in [7, 11) is 0. The summed E-state index contributed by atoms with van der Waals surface area (Å²) in [5.74, 6) is 1.64. The number of esters is 1. The average molecular weight is 216 g/mol. The van der Waals surface area contributed by atoms with Crippen LogP contribution in [0.25, 0.3) is 0 Å². The molecule has 0 radical (unpaired) electrons. The molecule has 0 saturated heterocycles. The first-order valence-corrected chi connectivity index (χ1v) is 6.68. The van der Waals surface area contributed by atoms with E-state index in [2.05, 4.69) is 0 Å². The molecule has 1 aliphatic carbocycles. The molecule has 0 aliphatic heterocycles. The molecular weight excluding hydrogens is 196 g/mol. The van der Waals surface area contributed by atoms with Crippen LogP contribution in [0.1, 0.15) is 33.1 Å². The van der Waals surface area contributed by atoms with Crippen LogP contribution in [-0.4, -0.2) is 24.6 Å². The van der Waals surface area contributed by atoms with Crippen molar-refractivity contribution in [1.82, 2.24) is 0 Å². The lowest BCUT2D eigenvalue weighted by molar-refractivity contribution is -0.153. The zero-order valence-electron chi connectivity index (χ0n) is 9.34. The number of ether oxygens (including phenoxy) is 1. The summed E-state index contributed by atoms with van der Waals surface area (Å²) in [6.07, 6.45) is 5.64. The van der Waals surface area contributed by atoms with Crippen molar-refractivity contribution in [2.45, 2.75) is 33.1 Å². The number of thioether (sulfide) groups is 1. The smallest absolute Gasteiger partial charge is 0.312 e. The predicted octanol–water partition coefficient (Wildman–Crippen LogP) is 2.72. The summed E-state index contributed by atoms with van der Waals surface area (Å²) >= 11 is 1.73. The molecule has 0 heterocycles. The third-order valence-electron chi connectivity index (χ3n) is 2.67. The van der Waals surface area contributed by atoms with Gasteiger partial charge in [0.2, 0.25) is 0 Å². The van der Waals surface area contributed by atoms with Gasteiger partial charge in [-0.05, 0) is 32.4 Å². The molecule has 14 heavy (non-hydrogen) atoms. The molecule has 3 heteroatoms. The molecule has 0 aromatic carbocycles. The highest BCUT2D eigenvalue weighted by molar-refractivity contribution is 7.98. The van der Waals surface area contributed by atoms with Gasteiger partial charge in [0.1, 0.15) is 0 Å². The van der Waals surface area contributed by atoms with Gasteiger partial charge in [-0.2, -0.15) is 11.8 Å². The highest BCUT2D eigenvalue weighted by Crippen LogP contribution is 2.42. The second-order valence-corrected chi connectivity index (χ2v) is 5.23. The Balaban J connectivity index is 2.52. The molecule has 0 spiro atoms. The van der Waals surface area contributed by atoms with E-state index in [1.165, 1.54) is 12.8 Å². The normalized spacial score (nSPS) is 20.2. The van der Waals surface area contributed by atoms with Crippen LogP contribution < -0.4 is 0 Å². The maximum atomic E-state index is 11.8. The molecule has 2 nitrogen and oxygen atoms in total. The van der Waals surface area contributed by atoms with Gasteiger partial charge in [0.15, 0.2) is 0 Å². The molecule has 1 fully saturated rings. The SMILES string of the molecule is CCOC(=O)C(C)(CSC)CC1CC1. The van der Waals surface area contributed by atoms with Crippen molar-refractivity contribution < 1.29 is 9.53 Å². The Morgan fingerprint density at radius 1 is 1.57 bits per heavy atom. The van der Waals surface area contributed by atoms with Crippen molar-refractivity contribution in [1.29, 1.82) is 0 Å². The van der Waals surface area contributed by atoms with Crippen molar-refractivity contribution >= 4 is 17.7 Å². The minimum absolute atomic E-state index is 0.0127. The lowest BCUT2D eigenvalue weighted by Crippen LogP contribution is -2.33. The quantitative estimate of drug-likeness (QED) is 0.639. The van der Waals surface area contributed by atoms with Gasteiger partial charge >= 0.3 is 5.97 Å². The predicted molar refractivity (Wildman–Crippen MR) is 60.5 cm³/mol. The number of rotatable bonds is 6. The van der Waals surface area contributed by atoms with Crippen molar-refractivity contribution in [3.8, 4) is 0 Å².